The van der Waals surface area contributed by atoms with Gasteiger partial charge in [-0.1, -0.05) is 95.5 Å². The highest BCUT2D eigenvalue weighted by molar-refractivity contribution is 5.74. The molecule has 0 bridgehead atoms. The minimum Gasteiger partial charge on any atom is -0.256 e. The van der Waals surface area contributed by atoms with Crippen LogP contribution in [0.15, 0.2) is 72.9 Å². The van der Waals surface area contributed by atoms with Crippen molar-refractivity contribution in [1.29, 1.82) is 0 Å². The van der Waals surface area contributed by atoms with Gasteiger partial charge in [0.2, 0.25) is 0 Å². The molecule has 0 amide bonds. The lowest BCUT2D eigenvalue weighted by molar-refractivity contribution is 0.735. The Labute approximate surface area is 165 Å². The van der Waals surface area contributed by atoms with Crippen LogP contribution in [0.25, 0.3) is 22.4 Å². The third-order valence-corrected chi connectivity index (χ3v) is 4.95. The number of pyridine rings is 1. The van der Waals surface area contributed by atoms with E-state index in [-0.39, 0.29) is 0 Å². The van der Waals surface area contributed by atoms with Crippen LogP contribution >= 0.6 is 0 Å². The van der Waals surface area contributed by atoms with E-state index in [1.165, 1.54) is 41.5 Å². The largest absolute Gasteiger partial charge is 0.256 e. The average molecular weight is 360 g/mol. The minimum absolute atomic E-state index is 0.529. The summed E-state index contributed by atoms with van der Waals surface area (Å²) in [5.74, 6) is 0.529. The van der Waals surface area contributed by atoms with Crippen molar-refractivity contribution in [2.45, 2.75) is 59.3 Å². The van der Waals surface area contributed by atoms with Crippen molar-refractivity contribution in [3.05, 3.63) is 78.5 Å². The van der Waals surface area contributed by atoms with E-state index in [2.05, 4.69) is 93.3 Å². The van der Waals surface area contributed by atoms with E-state index in [0.29, 0.717) is 5.92 Å². The maximum absolute atomic E-state index is 4.56. The van der Waals surface area contributed by atoms with E-state index in [9.17, 15) is 0 Å². The maximum atomic E-state index is 4.56. The molecule has 0 radical (unpaired) electrons. The summed E-state index contributed by atoms with van der Waals surface area (Å²) in [5.41, 5.74) is 6.16. The molecule has 1 unspecified atom stereocenters. The number of hydrogen-bond acceptors (Lipinski definition) is 1. The molecular formula is C26H33N. The van der Waals surface area contributed by atoms with Crippen LogP contribution in [0.5, 0.6) is 0 Å². The first-order chi connectivity index (χ1) is 13.2. The van der Waals surface area contributed by atoms with Crippen molar-refractivity contribution >= 4 is 0 Å². The number of aromatic nitrogens is 1. The molecule has 3 aromatic rings. The molecule has 1 nitrogen and oxygen atoms in total. The monoisotopic (exact) mass is 359 g/mol. The molecule has 1 heterocycles. The summed E-state index contributed by atoms with van der Waals surface area (Å²) in [6.45, 7) is 8.94. The predicted molar refractivity (Wildman–Crippen MR) is 119 cm³/mol. The van der Waals surface area contributed by atoms with Gasteiger partial charge in [0.05, 0.1) is 5.69 Å². The molecule has 2 aromatic carbocycles. The lowest BCUT2D eigenvalue weighted by Crippen LogP contribution is -1.97. The molecule has 0 saturated carbocycles. The molecule has 0 spiro atoms. The Hall–Kier alpha value is -2.41. The van der Waals surface area contributed by atoms with Crippen LogP contribution in [0.3, 0.4) is 0 Å². The molecule has 0 aliphatic rings. The topological polar surface area (TPSA) is 12.9 Å². The van der Waals surface area contributed by atoms with Gasteiger partial charge in [0.1, 0.15) is 0 Å². The van der Waals surface area contributed by atoms with Crippen molar-refractivity contribution in [2.24, 2.45) is 0 Å². The molecule has 1 heteroatoms. The number of benzene rings is 2. The summed E-state index contributed by atoms with van der Waals surface area (Å²) in [4.78, 5) is 4.56. The van der Waals surface area contributed by atoms with Gasteiger partial charge in [-0.25, -0.2) is 0 Å². The second-order valence-corrected chi connectivity index (χ2v) is 7.05. The summed E-state index contributed by atoms with van der Waals surface area (Å²) in [5, 5.41) is 0. The zero-order valence-electron chi connectivity index (χ0n) is 17.3. The second-order valence-electron chi connectivity index (χ2n) is 7.05. The second kappa shape index (κ2) is 11.3. The first-order valence-corrected chi connectivity index (χ1v) is 10.3. The van der Waals surface area contributed by atoms with Crippen LogP contribution in [-0.2, 0) is 0 Å². The standard InChI is InChI=1S/C21H21N.C5H12/c1-3-16(2)19-13-12-18(17-9-5-4-6-10-17)15-20(19)21-11-7-8-14-22-21;1-3-5-4-2/h4-16H,3H2,1-2H3;3-5H2,1-2H3. The van der Waals surface area contributed by atoms with Crippen molar-refractivity contribution in [1.82, 2.24) is 4.98 Å². The van der Waals surface area contributed by atoms with Gasteiger partial charge in [0.25, 0.3) is 0 Å². The Balaban J connectivity index is 0.000000465. The fourth-order valence-electron chi connectivity index (χ4n) is 3.11. The summed E-state index contributed by atoms with van der Waals surface area (Å²) in [6, 6.07) is 23.4. The zero-order chi connectivity index (χ0) is 19.5. The summed E-state index contributed by atoms with van der Waals surface area (Å²) in [6.07, 6.45) is 7.07. The van der Waals surface area contributed by atoms with Gasteiger partial charge in [0.15, 0.2) is 0 Å². The third kappa shape index (κ3) is 6.06. The SMILES string of the molecule is CCC(C)c1ccc(-c2ccccc2)cc1-c1ccccn1.CCCCC. The third-order valence-electron chi connectivity index (χ3n) is 4.95. The number of nitrogens with zero attached hydrogens (tertiary/aromatic N) is 1. The lowest BCUT2D eigenvalue weighted by Gasteiger charge is -2.16. The minimum atomic E-state index is 0.529. The van der Waals surface area contributed by atoms with Crippen LogP contribution in [0, 0.1) is 0 Å². The first-order valence-electron chi connectivity index (χ1n) is 10.3. The molecule has 0 fully saturated rings. The van der Waals surface area contributed by atoms with E-state index >= 15 is 0 Å². The quantitative estimate of drug-likeness (QED) is 0.433. The molecule has 0 aliphatic carbocycles. The van der Waals surface area contributed by atoms with Gasteiger partial charge in [-0.2, -0.15) is 0 Å². The first kappa shape index (κ1) is 20.9. The van der Waals surface area contributed by atoms with Gasteiger partial charge in [-0.3, -0.25) is 4.98 Å². The van der Waals surface area contributed by atoms with Gasteiger partial charge < -0.3 is 0 Å². The van der Waals surface area contributed by atoms with Gasteiger partial charge in [0, 0.05) is 11.8 Å². The van der Waals surface area contributed by atoms with Crippen LogP contribution in [0.2, 0.25) is 0 Å². The highest BCUT2D eigenvalue weighted by Gasteiger charge is 2.13. The van der Waals surface area contributed by atoms with E-state index in [1.54, 1.807) is 0 Å². The maximum Gasteiger partial charge on any atom is 0.0705 e. The molecule has 0 N–H and O–H groups in total. The van der Waals surface area contributed by atoms with E-state index < -0.39 is 0 Å². The van der Waals surface area contributed by atoms with Crippen molar-refractivity contribution in [3.63, 3.8) is 0 Å². The van der Waals surface area contributed by atoms with Crippen LogP contribution in [0.1, 0.15) is 64.9 Å². The molecule has 142 valence electrons. The van der Waals surface area contributed by atoms with Gasteiger partial charge in [-0.05, 0) is 47.2 Å². The Morgan fingerprint density at radius 1 is 0.778 bits per heavy atom. The molecule has 1 atom stereocenters. The lowest BCUT2D eigenvalue weighted by atomic mass is 9.89. The Morgan fingerprint density at radius 2 is 1.48 bits per heavy atom. The fraction of sp³-hybridized carbons (Fsp3) is 0.346. The fourth-order valence-corrected chi connectivity index (χ4v) is 3.11. The Morgan fingerprint density at radius 3 is 2.04 bits per heavy atom. The number of unbranched alkanes of at least 4 members (excludes halogenated alkanes) is 2. The number of hydrogen-bond donors (Lipinski definition) is 0. The highest BCUT2D eigenvalue weighted by Crippen LogP contribution is 2.33. The molecular weight excluding hydrogens is 326 g/mol. The summed E-state index contributed by atoms with van der Waals surface area (Å²) in [7, 11) is 0. The van der Waals surface area contributed by atoms with Crippen LogP contribution < -0.4 is 0 Å². The molecule has 27 heavy (non-hydrogen) atoms. The smallest absolute Gasteiger partial charge is 0.0705 e. The highest BCUT2D eigenvalue weighted by atomic mass is 14.7. The van der Waals surface area contributed by atoms with Crippen molar-refractivity contribution < 1.29 is 0 Å². The van der Waals surface area contributed by atoms with E-state index in [4.69, 9.17) is 0 Å². The predicted octanol–water partition coefficient (Wildman–Crippen LogP) is 8.13. The van der Waals surface area contributed by atoms with Crippen molar-refractivity contribution in [3.8, 4) is 22.4 Å². The zero-order valence-corrected chi connectivity index (χ0v) is 17.3. The Bertz CT molecular complexity index is 776. The van der Waals surface area contributed by atoms with Gasteiger partial charge >= 0.3 is 0 Å². The van der Waals surface area contributed by atoms with Crippen LogP contribution in [0.4, 0.5) is 0 Å². The van der Waals surface area contributed by atoms with E-state index in [0.717, 1.165) is 12.1 Å². The molecule has 3 rings (SSSR count). The molecule has 0 saturated heterocycles. The summed E-state index contributed by atoms with van der Waals surface area (Å²) < 4.78 is 0. The Kier molecular flexibility index (Phi) is 8.77. The van der Waals surface area contributed by atoms with Crippen molar-refractivity contribution in [2.75, 3.05) is 0 Å². The van der Waals surface area contributed by atoms with E-state index in [1.807, 2.05) is 12.3 Å². The average Bonchev–Trinajstić information content (AvgIpc) is 2.75. The molecule has 1 aromatic heterocycles. The normalized spacial score (nSPS) is 11.4. The summed E-state index contributed by atoms with van der Waals surface area (Å²) >= 11 is 0. The molecule has 0 aliphatic heterocycles. The number of rotatable bonds is 6. The van der Waals surface area contributed by atoms with Gasteiger partial charge in [-0.15, -0.1) is 0 Å². The van der Waals surface area contributed by atoms with Crippen LogP contribution in [-0.4, -0.2) is 4.98 Å².